The predicted octanol–water partition coefficient (Wildman–Crippen LogP) is 5.25. The van der Waals surface area contributed by atoms with E-state index in [1.54, 1.807) is 44.9 Å². The van der Waals surface area contributed by atoms with Crippen LogP contribution in [0.2, 0.25) is 0 Å². The van der Waals surface area contributed by atoms with Crippen molar-refractivity contribution in [2.75, 3.05) is 6.54 Å². The van der Waals surface area contributed by atoms with Gasteiger partial charge in [-0.2, -0.15) is 0 Å². The highest BCUT2D eigenvalue weighted by Gasteiger charge is 2.46. The van der Waals surface area contributed by atoms with Crippen LogP contribution in [0, 0.1) is 0 Å². The fraction of sp³-hybridized carbons (Fsp3) is 0.419. The molecule has 1 amide bonds. The van der Waals surface area contributed by atoms with Gasteiger partial charge in [-0.1, -0.05) is 54.6 Å². The van der Waals surface area contributed by atoms with E-state index in [2.05, 4.69) is 0 Å². The molecular weight excluding hydrogens is 480 g/mol. The summed E-state index contributed by atoms with van der Waals surface area (Å²) in [5, 5.41) is 20.6. The maximum absolute atomic E-state index is 13.3. The van der Waals surface area contributed by atoms with Crippen molar-refractivity contribution in [3.63, 3.8) is 0 Å². The first-order valence-electron chi connectivity index (χ1n) is 13.1. The maximum atomic E-state index is 13.3. The number of carbonyl (C=O) groups is 1. The highest BCUT2D eigenvalue weighted by molar-refractivity contribution is 5.70. The van der Waals surface area contributed by atoms with E-state index in [0.717, 1.165) is 22.3 Å². The molecule has 7 nitrogen and oxygen atoms in total. The number of benzene rings is 2. The third kappa shape index (κ3) is 6.34. The fourth-order valence-electron chi connectivity index (χ4n) is 5.26. The second-order valence-corrected chi connectivity index (χ2v) is 11.7. The molecule has 3 aromatic rings. The van der Waals surface area contributed by atoms with E-state index in [1.807, 2.05) is 67.6 Å². The number of aliphatic hydroxyl groups is 2. The van der Waals surface area contributed by atoms with Crippen LogP contribution >= 0.6 is 0 Å². The van der Waals surface area contributed by atoms with Gasteiger partial charge in [-0.3, -0.25) is 4.79 Å². The summed E-state index contributed by atoms with van der Waals surface area (Å²) in [5.41, 5.74) is 0.476. The van der Waals surface area contributed by atoms with E-state index in [-0.39, 0.29) is 18.1 Å². The van der Waals surface area contributed by atoms with Crippen LogP contribution in [0.5, 0.6) is 0 Å². The normalized spacial score (nSPS) is 19.2. The van der Waals surface area contributed by atoms with Gasteiger partial charge >= 0.3 is 6.09 Å². The van der Waals surface area contributed by atoms with Gasteiger partial charge in [0.1, 0.15) is 5.60 Å². The predicted molar refractivity (Wildman–Crippen MR) is 148 cm³/mol. The molecule has 1 aliphatic rings. The summed E-state index contributed by atoms with van der Waals surface area (Å²) in [6, 6.07) is 20.7. The first kappa shape index (κ1) is 27.6. The lowest BCUT2D eigenvalue weighted by atomic mass is 9.80. The molecule has 1 fully saturated rings. The molecule has 2 N–H and O–H groups in total. The molecule has 1 saturated heterocycles. The zero-order chi connectivity index (χ0) is 27.7. The van der Waals surface area contributed by atoms with Crippen molar-refractivity contribution in [1.82, 2.24) is 9.47 Å². The lowest BCUT2D eigenvalue weighted by Gasteiger charge is -2.45. The lowest BCUT2D eigenvalue weighted by molar-refractivity contribution is -0.101. The Kier molecular flexibility index (Phi) is 7.55. The summed E-state index contributed by atoms with van der Waals surface area (Å²) in [6.45, 7) is 9.48. The average Bonchev–Trinajstić information content (AvgIpc) is 2.84. The van der Waals surface area contributed by atoms with Crippen LogP contribution in [0.25, 0.3) is 11.1 Å². The van der Waals surface area contributed by atoms with Crippen LogP contribution in [0.3, 0.4) is 0 Å². The first-order chi connectivity index (χ1) is 17.8. The Labute approximate surface area is 224 Å². The van der Waals surface area contributed by atoms with Crippen LogP contribution in [0.4, 0.5) is 4.79 Å². The van der Waals surface area contributed by atoms with Gasteiger partial charge in [0, 0.05) is 31.6 Å². The SMILES string of the molecule is CC(c1ccc(-c2ccn(CC(C)(C)O)c(=O)c2)cc1)N1CCC(CC(C)(C)O)(c2ccccc2)OC1=O. The third-order valence-corrected chi connectivity index (χ3v) is 7.04. The van der Waals surface area contributed by atoms with Crippen molar-refractivity contribution < 1.29 is 19.7 Å². The minimum Gasteiger partial charge on any atom is -0.438 e. The monoisotopic (exact) mass is 518 g/mol. The minimum absolute atomic E-state index is 0.175. The summed E-state index contributed by atoms with van der Waals surface area (Å²) in [4.78, 5) is 27.6. The van der Waals surface area contributed by atoms with Crippen molar-refractivity contribution in [1.29, 1.82) is 0 Å². The van der Waals surface area contributed by atoms with Crippen LogP contribution in [-0.4, -0.2) is 43.5 Å². The number of pyridine rings is 1. The Morgan fingerprint density at radius 2 is 1.58 bits per heavy atom. The van der Waals surface area contributed by atoms with E-state index in [9.17, 15) is 19.8 Å². The number of hydrogen-bond donors (Lipinski definition) is 2. The molecule has 38 heavy (non-hydrogen) atoms. The molecule has 0 radical (unpaired) electrons. The Morgan fingerprint density at radius 3 is 2.13 bits per heavy atom. The Hall–Kier alpha value is -3.42. The van der Waals surface area contributed by atoms with Gasteiger partial charge in [0.05, 0.1) is 23.8 Å². The van der Waals surface area contributed by atoms with Crippen LogP contribution in [0.1, 0.15) is 64.6 Å². The molecular formula is C31H38N2O5. The Morgan fingerprint density at radius 1 is 0.921 bits per heavy atom. The van der Waals surface area contributed by atoms with Gasteiger partial charge in [-0.15, -0.1) is 0 Å². The van der Waals surface area contributed by atoms with Crippen molar-refractivity contribution >= 4 is 6.09 Å². The molecule has 2 unspecified atom stereocenters. The summed E-state index contributed by atoms with van der Waals surface area (Å²) < 4.78 is 7.61. The minimum atomic E-state index is -1.01. The molecule has 2 heterocycles. The molecule has 0 aliphatic carbocycles. The Bertz CT molecular complexity index is 1320. The van der Waals surface area contributed by atoms with E-state index >= 15 is 0 Å². The van der Waals surface area contributed by atoms with Gasteiger partial charge in [-0.25, -0.2) is 4.79 Å². The topological polar surface area (TPSA) is 92.0 Å². The second-order valence-electron chi connectivity index (χ2n) is 11.7. The molecule has 2 aromatic carbocycles. The number of carbonyl (C=O) groups excluding carboxylic acids is 1. The van der Waals surface area contributed by atoms with Gasteiger partial charge in [0.15, 0.2) is 0 Å². The molecule has 0 bridgehead atoms. The number of cyclic esters (lactones) is 1. The largest absolute Gasteiger partial charge is 0.438 e. The number of rotatable bonds is 8. The molecule has 202 valence electrons. The van der Waals surface area contributed by atoms with E-state index in [1.165, 1.54) is 4.57 Å². The third-order valence-electron chi connectivity index (χ3n) is 7.04. The Balaban J connectivity index is 1.50. The van der Waals surface area contributed by atoms with Gasteiger partial charge in [0.2, 0.25) is 0 Å². The van der Waals surface area contributed by atoms with Crippen LogP contribution in [-0.2, 0) is 16.9 Å². The number of nitrogens with zero attached hydrogens (tertiary/aromatic N) is 2. The average molecular weight is 519 g/mol. The molecule has 1 aliphatic heterocycles. The molecule has 2 atom stereocenters. The summed E-state index contributed by atoms with van der Waals surface area (Å²) >= 11 is 0. The highest BCUT2D eigenvalue weighted by Crippen LogP contribution is 2.42. The molecule has 0 spiro atoms. The number of ether oxygens (including phenoxy) is 1. The van der Waals surface area contributed by atoms with E-state index in [0.29, 0.717) is 19.4 Å². The molecule has 0 saturated carbocycles. The molecule has 4 rings (SSSR count). The molecule has 7 heteroatoms. The molecule has 1 aromatic heterocycles. The van der Waals surface area contributed by atoms with Gasteiger partial charge in [0.25, 0.3) is 5.56 Å². The maximum Gasteiger partial charge on any atom is 0.411 e. The summed E-state index contributed by atoms with van der Waals surface area (Å²) in [5.74, 6) is 0. The van der Waals surface area contributed by atoms with Gasteiger partial charge in [-0.05, 0) is 62.9 Å². The quantitative estimate of drug-likeness (QED) is 0.425. The smallest absolute Gasteiger partial charge is 0.411 e. The summed E-state index contributed by atoms with van der Waals surface area (Å²) in [7, 11) is 0. The number of hydrogen-bond acceptors (Lipinski definition) is 5. The van der Waals surface area contributed by atoms with Crippen LogP contribution in [0.15, 0.2) is 77.7 Å². The second kappa shape index (κ2) is 10.4. The van der Waals surface area contributed by atoms with E-state index < -0.39 is 22.9 Å². The van der Waals surface area contributed by atoms with Gasteiger partial charge < -0.3 is 24.4 Å². The van der Waals surface area contributed by atoms with Crippen molar-refractivity contribution in [3.05, 3.63) is 94.4 Å². The van der Waals surface area contributed by atoms with E-state index in [4.69, 9.17) is 4.74 Å². The standard InChI is InChI=1S/C31H38N2O5/c1-22(23-11-13-24(14-12-23)25-15-17-32(27(34)19-25)21-30(4,5)37)33-18-16-31(38-28(33)35,20-29(2,3)36)26-9-7-6-8-10-26/h6-15,17,19,22,36-37H,16,18,20-21H2,1-5H3. The zero-order valence-electron chi connectivity index (χ0n) is 22.8. The highest BCUT2D eigenvalue weighted by atomic mass is 16.6. The van der Waals surface area contributed by atoms with Crippen molar-refractivity contribution in [3.8, 4) is 11.1 Å². The fourth-order valence-corrected chi connectivity index (χ4v) is 5.26. The van der Waals surface area contributed by atoms with Crippen molar-refractivity contribution in [2.24, 2.45) is 0 Å². The number of aromatic nitrogens is 1. The summed E-state index contributed by atoms with van der Waals surface area (Å²) in [6.07, 6.45) is 2.16. The lowest BCUT2D eigenvalue weighted by Crippen LogP contribution is -2.51. The zero-order valence-corrected chi connectivity index (χ0v) is 22.8. The van der Waals surface area contributed by atoms with Crippen molar-refractivity contribution in [2.45, 2.75) is 76.9 Å². The van der Waals surface area contributed by atoms with Crippen LogP contribution < -0.4 is 5.56 Å². The first-order valence-corrected chi connectivity index (χ1v) is 13.1. The number of amides is 1.